The maximum Gasteiger partial charge on any atom is 0.389 e. The minimum atomic E-state index is -4.52. The Morgan fingerprint density at radius 1 is 1.28 bits per heavy atom. The molecule has 0 fully saturated rings. The number of nitro groups is 1. The number of aryl methyl sites for hydroxylation is 1. The lowest BCUT2D eigenvalue weighted by Gasteiger charge is -2.07. The zero-order valence-corrected chi connectivity index (χ0v) is 15.9. The third-order valence-electron chi connectivity index (χ3n) is 3.72. The van der Waals surface area contributed by atoms with Gasteiger partial charge in [0.2, 0.25) is 0 Å². The van der Waals surface area contributed by atoms with Crippen LogP contribution in [0.1, 0.15) is 24.2 Å². The van der Waals surface area contributed by atoms with Crippen LogP contribution in [0.3, 0.4) is 0 Å². The van der Waals surface area contributed by atoms with Crippen LogP contribution in [0.2, 0.25) is 0 Å². The first-order valence-corrected chi connectivity index (χ1v) is 9.53. The van der Waals surface area contributed by atoms with Crippen molar-refractivity contribution in [1.29, 1.82) is 0 Å². The van der Waals surface area contributed by atoms with Gasteiger partial charge in [0.15, 0.2) is 5.78 Å². The molecule has 2 rings (SSSR count). The van der Waals surface area contributed by atoms with Crippen LogP contribution in [-0.2, 0) is 32.2 Å². The molecule has 9 nitrogen and oxygen atoms in total. The largest absolute Gasteiger partial charge is 0.389 e. The molecule has 1 aromatic heterocycles. The van der Waals surface area contributed by atoms with E-state index in [4.69, 9.17) is 4.18 Å². The maximum atomic E-state index is 12.2. The number of alkyl halides is 3. The van der Waals surface area contributed by atoms with E-state index in [2.05, 4.69) is 4.98 Å². The molecule has 13 heteroatoms. The van der Waals surface area contributed by atoms with Gasteiger partial charge in [-0.3, -0.25) is 13.5 Å². The van der Waals surface area contributed by atoms with E-state index >= 15 is 0 Å². The molecule has 0 atom stereocenters. The number of benzene rings is 1. The zero-order chi connectivity index (χ0) is 21.8. The number of nitrogens with zero attached hydrogens (tertiary/aromatic N) is 3. The smallest absolute Gasteiger partial charge is 0.358 e. The van der Waals surface area contributed by atoms with Crippen molar-refractivity contribution in [3.63, 3.8) is 0 Å². The molecule has 0 N–H and O–H groups in total. The van der Waals surface area contributed by atoms with Crippen LogP contribution in [0.15, 0.2) is 35.4 Å². The molecule has 0 bridgehead atoms. The van der Waals surface area contributed by atoms with Gasteiger partial charge < -0.3 is 10.1 Å². The summed E-state index contributed by atoms with van der Waals surface area (Å²) in [6.07, 6.45) is -5.85. The summed E-state index contributed by atoms with van der Waals surface area (Å²) < 4.78 is 66.9. The van der Waals surface area contributed by atoms with Crippen molar-refractivity contribution in [2.45, 2.75) is 44.0 Å². The van der Waals surface area contributed by atoms with Gasteiger partial charge >= 0.3 is 12.0 Å². The summed E-state index contributed by atoms with van der Waals surface area (Å²) in [5.41, 5.74) is 0.812. The summed E-state index contributed by atoms with van der Waals surface area (Å²) in [4.78, 5) is 25.2. The normalized spacial score (nSPS) is 12.1. The Balaban J connectivity index is 2.15. The summed E-state index contributed by atoms with van der Waals surface area (Å²) in [6.45, 7) is 0.375. The first-order chi connectivity index (χ1) is 13.4. The fraction of sp³-hybridized carbons (Fsp3) is 0.375. The van der Waals surface area contributed by atoms with Crippen LogP contribution < -0.4 is 0 Å². The number of hydrogen-bond acceptors (Lipinski definition) is 7. The molecule has 2 aromatic rings. The predicted molar refractivity (Wildman–Crippen MR) is 92.3 cm³/mol. The van der Waals surface area contributed by atoms with Crippen LogP contribution in [-0.4, -0.2) is 34.9 Å². The standard InChI is InChI=1S/C16H16F3N3O6S/c1-11-2-4-13(5-3-11)29(26,27)28-10-15-20-14(22(24)25)9-21(15)8-12(23)6-7-16(17,18)19/h2-5,9H,6-8,10H2,1H3. The summed E-state index contributed by atoms with van der Waals surface area (Å²) >= 11 is 0. The molecular formula is C16H16F3N3O6S. The van der Waals surface area contributed by atoms with Crippen LogP contribution in [0.5, 0.6) is 0 Å². The van der Waals surface area contributed by atoms with E-state index in [0.29, 0.717) is 0 Å². The van der Waals surface area contributed by atoms with E-state index < -0.39 is 58.8 Å². The Hall–Kier alpha value is -2.80. The minimum absolute atomic E-state index is 0.156. The monoisotopic (exact) mass is 435 g/mol. The van der Waals surface area contributed by atoms with Crippen molar-refractivity contribution < 1.29 is 35.5 Å². The first kappa shape index (κ1) is 22.5. The predicted octanol–water partition coefficient (Wildman–Crippen LogP) is 2.92. The van der Waals surface area contributed by atoms with Gasteiger partial charge in [0.05, 0.1) is 17.9 Å². The summed E-state index contributed by atoms with van der Waals surface area (Å²) in [5.74, 6) is -1.83. The van der Waals surface area contributed by atoms with Gasteiger partial charge in [0, 0.05) is 6.42 Å². The van der Waals surface area contributed by atoms with Crippen LogP contribution >= 0.6 is 0 Å². The van der Waals surface area contributed by atoms with Crippen molar-refractivity contribution in [3.05, 3.63) is 52.0 Å². The van der Waals surface area contributed by atoms with Crippen LogP contribution in [0.25, 0.3) is 0 Å². The van der Waals surface area contributed by atoms with E-state index in [1.807, 2.05) is 0 Å². The third kappa shape index (κ3) is 6.64. The lowest BCUT2D eigenvalue weighted by Crippen LogP contribution is -2.17. The summed E-state index contributed by atoms with van der Waals surface area (Å²) in [7, 11) is -4.22. The third-order valence-corrected chi connectivity index (χ3v) is 5.00. The second kappa shape index (κ2) is 8.69. The van der Waals surface area contributed by atoms with Crippen LogP contribution in [0, 0.1) is 17.0 Å². The number of hydrogen-bond donors (Lipinski definition) is 0. The number of ketones is 1. The fourth-order valence-electron chi connectivity index (χ4n) is 2.23. The molecule has 1 heterocycles. The highest BCUT2D eigenvalue weighted by Crippen LogP contribution is 2.22. The maximum absolute atomic E-state index is 12.2. The average Bonchev–Trinajstić information content (AvgIpc) is 3.01. The number of rotatable bonds is 9. The molecule has 0 unspecified atom stereocenters. The molecule has 0 saturated carbocycles. The van der Waals surface area contributed by atoms with Crippen molar-refractivity contribution in [2.24, 2.45) is 0 Å². The Labute approximate surface area is 163 Å². The number of imidazole rings is 1. The molecule has 0 radical (unpaired) electrons. The summed E-state index contributed by atoms with van der Waals surface area (Å²) in [6, 6.07) is 5.70. The van der Waals surface area contributed by atoms with Crippen molar-refractivity contribution in [3.8, 4) is 0 Å². The topological polar surface area (TPSA) is 121 Å². The number of halogens is 3. The van der Waals surface area contributed by atoms with Gasteiger partial charge in [0.25, 0.3) is 15.9 Å². The van der Waals surface area contributed by atoms with Gasteiger partial charge in [-0.25, -0.2) is 0 Å². The quantitative estimate of drug-likeness (QED) is 0.337. The number of aromatic nitrogens is 2. The number of carbonyl (C=O) groups is 1. The molecule has 0 aliphatic heterocycles. The average molecular weight is 435 g/mol. The molecule has 0 saturated heterocycles. The molecule has 0 aliphatic rings. The fourth-order valence-corrected chi connectivity index (χ4v) is 3.10. The molecule has 0 amide bonds. The minimum Gasteiger partial charge on any atom is -0.358 e. The van der Waals surface area contributed by atoms with Crippen molar-refractivity contribution in [1.82, 2.24) is 9.55 Å². The Bertz CT molecular complexity index is 1000. The van der Waals surface area contributed by atoms with E-state index in [-0.39, 0.29) is 10.7 Å². The van der Waals surface area contributed by atoms with E-state index in [9.17, 15) is 36.5 Å². The van der Waals surface area contributed by atoms with E-state index in [1.165, 1.54) is 12.1 Å². The summed E-state index contributed by atoms with van der Waals surface area (Å²) in [5, 5.41) is 10.9. The number of carbonyl (C=O) groups excluding carboxylic acids is 1. The Kier molecular flexibility index (Phi) is 6.74. The van der Waals surface area contributed by atoms with Gasteiger partial charge in [0.1, 0.15) is 12.8 Å². The van der Waals surface area contributed by atoms with Gasteiger partial charge in [-0.05, 0) is 29.0 Å². The lowest BCUT2D eigenvalue weighted by atomic mass is 10.2. The van der Waals surface area contributed by atoms with Crippen molar-refractivity contribution >= 4 is 21.7 Å². The van der Waals surface area contributed by atoms with Crippen molar-refractivity contribution in [2.75, 3.05) is 0 Å². The van der Waals surface area contributed by atoms with Gasteiger partial charge in [-0.15, -0.1) is 0 Å². The van der Waals surface area contributed by atoms with E-state index in [0.717, 1.165) is 16.3 Å². The molecule has 0 aliphatic carbocycles. The van der Waals surface area contributed by atoms with Gasteiger partial charge in [-0.2, -0.15) is 21.6 Å². The Morgan fingerprint density at radius 2 is 1.90 bits per heavy atom. The lowest BCUT2D eigenvalue weighted by molar-refractivity contribution is -0.389. The molecule has 29 heavy (non-hydrogen) atoms. The second-order valence-corrected chi connectivity index (χ2v) is 7.70. The highest BCUT2D eigenvalue weighted by molar-refractivity contribution is 7.86. The zero-order valence-electron chi connectivity index (χ0n) is 15.0. The molecule has 0 spiro atoms. The number of Topliss-reactive ketones (excluding diaryl/α,β-unsaturated/α-hetero) is 1. The first-order valence-electron chi connectivity index (χ1n) is 8.12. The molecule has 1 aromatic carbocycles. The second-order valence-electron chi connectivity index (χ2n) is 6.08. The highest BCUT2D eigenvalue weighted by Gasteiger charge is 2.29. The Morgan fingerprint density at radius 3 is 2.45 bits per heavy atom. The molecule has 158 valence electrons. The molecular weight excluding hydrogens is 419 g/mol. The highest BCUT2D eigenvalue weighted by atomic mass is 32.2. The SMILES string of the molecule is Cc1ccc(S(=O)(=O)OCc2nc([N+](=O)[O-])cn2CC(=O)CCC(F)(F)F)cc1. The van der Waals surface area contributed by atoms with Crippen LogP contribution in [0.4, 0.5) is 19.0 Å². The van der Waals surface area contributed by atoms with Gasteiger partial charge in [-0.1, -0.05) is 17.7 Å². The van der Waals surface area contributed by atoms with E-state index in [1.54, 1.807) is 19.1 Å².